The van der Waals surface area contributed by atoms with Crippen LogP contribution in [0.2, 0.25) is 0 Å². The van der Waals surface area contributed by atoms with Crippen molar-refractivity contribution in [2.24, 2.45) is 0 Å². The lowest BCUT2D eigenvalue weighted by Gasteiger charge is -2.40. The maximum Gasteiger partial charge on any atom is 0.235 e. The monoisotopic (exact) mass is 1070 g/mol. The smallest absolute Gasteiger partial charge is 0.235 e. The molecule has 1 aliphatic heterocycles. The van der Waals surface area contributed by atoms with E-state index in [1.165, 1.54) is 0 Å². The Labute approximate surface area is 481 Å². The highest BCUT2D eigenvalue weighted by Gasteiger charge is 2.36. The molecule has 0 fully saturated rings. The number of anilines is 6. The number of para-hydroxylation sites is 4. The second-order valence-corrected chi connectivity index (χ2v) is 20.6. The van der Waals surface area contributed by atoms with E-state index in [0.717, 1.165) is 112 Å². The standard InChI is InChI=1S/C73H52N10/c1-47-44-48(2)64(49(3)45-47)65-56(71-78-67(52-30-14-6-15-31-52)76-68(79-71)53-32-16-7-17-33-53)42-43-63(66(65)72-80-69(54-34-18-8-19-35-54)77-70(81-72)55-36-20-9-21-37-55)82-59-38-22-24-40-61(59)83(62-41-25-23-39-60(62)82)73-74-57(50-26-10-4-11-27-50)46-58(75-73)51-28-12-5-13-29-51/h4-46H,1-3H3. The maximum atomic E-state index is 5.60. The molecule has 0 N–H and O–H groups in total. The van der Waals surface area contributed by atoms with Crippen LogP contribution < -0.4 is 9.80 Å². The SMILES string of the molecule is Cc1cc(C)c(-c2c(-c3nc(-c4ccccc4)nc(-c4ccccc4)n3)ccc(N3c4ccccc4N(c4nc(-c5ccccc5)cc(-c5ccccc5)n4)c4ccccc43)c2-c2nc(-c3ccccc3)nc(-c3ccccc3)n2)c(C)c1. The van der Waals surface area contributed by atoms with Gasteiger partial charge in [0.05, 0.1) is 45.4 Å². The largest absolute Gasteiger partial charge is 0.306 e. The quantitative estimate of drug-likeness (QED) is 0.124. The Hall–Kier alpha value is -11.1. The van der Waals surface area contributed by atoms with Gasteiger partial charge in [0, 0.05) is 44.5 Å². The van der Waals surface area contributed by atoms with Crippen LogP contribution in [0.5, 0.6) is 0 Å². The third-order valence-electron chi connectivity index (χ3n) is 15.0. The Balaban J connectivity index is 1.10. The molecule has 1 aliphatic rings. The van der Waals surface area contributed by atoms with Crippen molar-refractivity contribution in [3.05, 3.63) is 278 Å². The van der Waals surface area contributed by atoms with Gasteiger partial charge in [-0.05, 0) is 79.9 Å². The molecule has 0 amide bonds. The second kappa shape index (κ2) is 21.5. The Morgan fingerprint density at radius 2 is 0.566 bits per heavy atom. The summed E-state index contributed by atoms with van der Waals surface area (Å²) in [6.45, 7) is 6.51. The summed E-state index contributed by atoms with van der Waals surface area (Å²) in [4.78, 5) is 47.9. The maximum absolute atomic E-state index is 5.60. The van der Waals surface area contributed by atoms with Crippen molar-refractivity contribution in [3.8, 4) is 102 Å². The van der Waals surface area contributed by atoms with Crippen molar-refractivity contribution in [1.82, 2.24) is 39.9 Å². The summed E-state index contributed by atoms with van der Waals surface area (Å²) in [6.07, 6.45) is 0. The first kappa shape index (κ1) is 50.1. The molecule has 3 aromatic heterocycles. The molecule has 10 heteroatoms. The van der Waals surface area contributed by atoms with Gasteiger partial charge in [-0.2, -0.15) is 0 Å². The molecule has 14 rings (SSSR count). The summed E-state index contributed by atoms with van der Waals surface area (Å²) in [7, 11) is 0. The van der Waals surface area contributed by atoms with E-state index in [2.05, 4.69) is 134 Å². The van der Waals surface area contributed by atoms with Crippen molar-refractivity contribution < 1.29 is 0 Å². The highest BCUT2D eigenvalue weighted by Crippen LogP contribution is 2.57. The lowest BCUT2D eigenvalue weighted by molar-refractivity contribution is 1.05. The van der Waals surface area contributed by atoms with E-state index in [9.17, 15) is 0 Å². The fourth-order valence-electron chi connectivity index (χ4n) is 11.3. The van der Waals surface area contributed by atoms with Crippen LogP contribution in [0.25, 0.3) is 102 Å². The van der Waals surface area contributed by atoms with Crippen LogP contribution in [-0.2, 0) is 0 Å². The first-order chi connectivity index (χ1) is 40.9. The minimum atomic E-state index is 0.466. The molecular formula is C73H52N10. The van der Waals surface area contributed by atoms with Gasteiger partial charge < -0.3 is 4.90 Å². The second-order valence-electron chi connectivity index (χ2n) is 20.6. The summed E-state index contributed by atoms with van der Waals surface area (Å²) in [6, 6.07) is 89.0. The number of aromatic nitrogens is 8. The van der Waals surface area contributed by atoms with E-state index >= 15 is 0 Å². The molecule has 0 bridgehead atoms. The van der Waals surface area contributed by atoms with E-state index in [1.807, 2.05) is 158 Å². The molecule has 0 atom stereocenters. The number of fused-ring (bicyclic) bond motifs is 2. The van der Waals surface area contributed by atoms with Crippen LogP contribution in [0.4, 0.5) is 34.4 Å². The molecule has 0 radical (unpaired) electrons. The van der Waals surface area contributed by atoms with Gasteiger partial charge in [0.15, 0.2) is 34.9 Å². The predicted molar refractivity (Wildman–Crippen MR) is 335 cm³/mol. The number of rotatable bonds is 11. The first-order valence-corrected chi connectivity index (χ1v) is 27.7. The zero-order valence-electron chi connectivity index (χ0n) is 45.8. The number of hydrogen-bond donors (Lipinski definition) is 0. The fraction of sp³-hybridized carbons (Fsp3) is 0.0411. The van der Waals surface area contributed by atoms with Crippen molar-refractivity contribution in [1.29, 1.82) is 0 Å². The molecule has 0 saturated carbocycles. The summed E-state index contributed by atoms with van der Waals surface area (Å²) in [5.41, 5.74) is 18.0. The molecule has 0 aliphatic carbocycles. The lowest BCUT2D eigenvalue weighted by atomic mass is 9.85. The minimum absolute atomic E-state index is 0.466. The average Bonchev–Trinajstić information content (AvgIpc) is 3.10. The predicted octanol–water partition coefficient (Wildman–Crippen LogP) is 18.0. The van der Waals surface area contributed by atoms with Gasteiger partial charge in [0.1, 0.15) is 0 Å². The number of aryl methyl sites for hydroxylation is 3. The summed E-state index contributed by atoms with van der Waals surface area (Å²) < 4.78 is 0. The topological polar surface area (TPSA) is 110 Å². The Bertz CT molecular complexity index is 4280. The summed E-state index contributed by atoms with van der Waals surface area (Å²) in [5.74, 6) is 3.65. The highest BCUT2D eigenvalue weighted by atomic mass is 15.3. The number of nitrogens with zero attached hydrogens (tertiary/aromatic N) is 10. The molecule has 4 heterocycles. The van der Waals surface area contributed by atoms with Crippen LogP contribution in [-0.4, -0.2) is 39.9 Å². The highest BCUT2D eigenvalue weighted by molar-refractivity contribution is 6.07. The van der Waals surface area contributed by atoms with E-state index in [0.29, 0.717) is 40.9 Å². The van der Waals surface area contributed by atoms with Gasteiger partial charge in [-0.15, -0.1) is 0 Å². The van der Waals surface area contributed by atoms with Crippen LogP contribution in [0.15, 0.2) is 261 Å². The zero-order valence-corrected chi connectivity index (χ0v) is 45.8. The van der Waals surface area contributed by atoms with E-state index in [4.69, 9.17) is 39.9 Å². The van der Waals surface area contributed by atoms with Crippen molar-refractivity contribution in [2.75, 3.05) is 9.80 Å². The Kier molecular flexibility index (Phi) is 13.0. The molecule has 10 nitrogen and oxygen atoms in total. The van der Waals surface area contributed by atoms with E-state index in [1.54, 1.807) is 0 Å². The molecule has 0 unspecified atom stereocenters. The summed E-state index contributed by atoms with van der Waals surface area (Å²) in [5, 5.41) is 0. The van der Waals surface area contributed by atoms with Crippen molar-refractivity contribution >= 4 is 34.4 Å². The van der Waals surface area contributed by atoms with Gasteiger partial charge in [-0.25, -0.2) is 39.9 Å². The van der Waals surface area contributed by atoms with Crippen molar-refractivity contribution in [2.45, 2.75) is 20.8 Å². The minimum Gasteiger partial charge on any atom is -0.306 e. The number of hydrogen-bond acceptors (Lipinski definition) is 10. The number of benzene rings is 10. The van der Waals surface area contributed by atoms with Gasteiger partial charge in [-0.1, -0.05) is 224 Å². The van der Waals surface area contributed by atoms with E-state index in [-0.39, 0.29) is 0 Å². The van der Waals surface area contributed by atoms with Crippen LogP contribution in [0.3, 0.4) is 0 Å². The van der Waals surface area contributed by atoms with E-state index < -0.39 is 0 Å². The van der Waals surface area contributed by atoms with Gasteiger partial charge in [0.2, 0.25) is 5.95 Å². The molecule has 394 valence electrons. The molecule has 13 aromatic rings. The first-order valence-electron chi connectivity index (χ1n) is 27.7. The molecule has 10 aromatic carbocycles. The van der Waals surface area contributed by atoms with Gasteiger partial charge in [-0.3, -0.25) is 4.90 Å². The fourth-order valence-corrected chi connectivity index (χ4v) is 11.3. The molecule has 83 heavy (non-hydrogen) atoms. The third-order valence-corrected chi connectivity index (χ3v) is 15.0. The van der Waals surface area contributed by atoms with Crippen LogP contribution in [0.1, 0.15) is 16.7 Å². The normalized spacial score (nSPS) is 11.7. The van der Waals surface area contributed by atoms with Gasteiger partial charge >= 0.3 is 0 Å². The molecule has 0 spiro atoms. The molecular weight excluding hydrogens is 1020 g/mol. The molecule has 0 saturated heterocycles. The van der Waals surface area contributed by atoms with Crippen molar-refractivity contribution in [3.63, 3.8) is 0 Å². The third kappa shape index (κ3) is 9.53. The Morgan fingerprint density at radius 3 is 0.952 bits per heavy atom. The lowest BCUT2D eigenvalue weighted by Crippen LogP contribution is -2.26. The van der Waals surface area contributed by atoms with Gasteiger partial charge in [0.25, 0.3) is 0 Å². The van der Waals surface area contributed by atoms with Crippen LogP contribution >= 0.6 is 0 Å². The zero-order chi connectivity index (χ0) is 55.8. The average molecular weight is 1070 g/mol. The van der Waals surface area contributed by atoms with Crippen LogP contribution in [0, 0.1) is 20.8 Å². The summed E-state index contributed by atoms with van der Waals surface area (Å²) >= 11 is 0. The Morgan fingerprint density at radius 1 is 0.241 bits per heavy atom.